The number of rotatable bonds is 4. The molecule has 0 fully saturated rings. The van der Waals surface area contributed by atoms with E-state index < -0.39 is 26.4 Å². The fraction of sp³-hybridized carbons (Fsp3) is 0.226. The number of benzene rings is 3. The molecule has 4 aromatic rings. The quantitative estimate of drug-likeness (QED) is 0.115. The van der Waals surface area contributed by atoms with Crippen molar-refractivity contribution < 1.29 is 56.3 Å². The first-order valence-electron chi connectivity index (χ1n) is 12.1. The number of hydrogen-bond donors (Lipinski definition) is 0. The molecule has 0 unspecified atom stereocenters. The number of alkyl halides is 5. The zero-order valence-electron chi connectivity index (χ0n) is 23.1. The molecule has 0 aliphatic carbocycles. The summed E-state index contributed by atoms with van der Waals surface area (Å²) in [4.78, 5) is 0. The van der Waals surface area contributed by atoms with E-state index in [0.717, 1.165) is 0 Å². The molecule has 0 atom stereocenters. The average Bonchev–Trinajstić information content (AvgIpc) is 3.08. The number of halogens is 7. The van der Waals surface area contributed by atoms with Crippen LogP contribution in [0, 0.1) is 41.0 Å². The van der Waals surface area contributed by atoms with Crippen molar-refractivity contribution in [2.24, 2.45) is 0 Å². The van der Waals surface area contributed by atoms with Crippen LogP contribution in [0.2, 0.25) is 0 Å². The molecule has 2 N–H and O–H groups in total. The summed E-state index contributed by atoms with van der Waals surface area (Å²) in [5.41, 5.74) is 7.34. The first-order chi connectivity index (χ1) is 18.2. The van der Waals surface area contributed by atoms with Gasteiger partial charge in [-0.25, -0.2) is 8.78 Å². The van der Waals surface area contributed by atoms with Crippen LogP contribution in [-0.2, 0) is 20.1 Å². The first kappa shape index (κ1) is 38.6. The third kappa shape index (κ3) is 10.1. The van der Waals surface area contributed by atoms with Crippen LogP contribution < -0.4 is 15.9 Å². The van der Waals surface area contributed by atoms with Crippen molar-refractivity contribution in [2.45, 2.75) is 46.7 Å². The van der Waals surface area contributed by atoms with Gasteiger partial charge in [0.15, 0.2) is 0 Å². The molecule has 0 saturated carbocycles. The average molecular weight is 778 g/mol. The Morgan fingerprint density at radius 2 is 0.854 bits per heavy atom. The maximum atomic E-state index is 11.1. The van der Waals surface area contributed by atoms with E-state index in [0.29, 0.717) is 0 Å². The molecule has 1 nitrogen and oxygen atoms in total. The van der Waals surface area contributed by atoms with Gasteiger partial charge in [-0.05, 0) is 36.4 Å². The largest absolute Gasteiger partial charge is 0.427 e. The van der Waals surface area contributed by atoms with Crippen molar-refractivity contribution in [3.8, 4) is 0 Å². The molecule has 0 heterocycles. The molecule has 41 heavy (non-hydrogen) atoms. The Hall–Kier alpha value is -2.44. The molecule has 10 heteroatoms. The van der Waals surface area contributed by atoms with Crippen LogP contribution in [-0.4, -0.2) is 17.6 Å². The summed E-state index contributed by atoms with van der Waals surface area (Å²) >= 11 is 0. The van der Waals surface area contributed by atoms with E-state index in [-0.39, 0.29) is 25.6 Å². The van der Waals surface area contributed by atoms with Crippen molar-refractivity contribution in [1.82, 2.24) is 0 Å². The van der Waals surface area contributed by atoms with Gasteiger partial charge in [0.05, 0.1) is 14.3 Å². The van der Waals surface area contributed by atoms with Crippen molar-refractivity contribution >= 4 is 23.8 Å². The van der Waals surface area contributed by atoms with Gasteiger partial charge in [-0.1, -0.05) is 89.2 Å². The van der Waals surface area contributed by atoms with Gasteiger partial charge in [0.25, 0.3) is 5.92 Å². The SMILES string of the molecule is Cc1c(C)c(C)[c-](C)c1C.F[C-](F)C(F)(F)C(F)(F)F.O.[Ir].c1ccc([PH+](c2ccccc2)c2ccccc2)cc1. The maximum Gasteiger partial charge on any atom is 0.427 e. The van der Waals surface area contributed by atoms with Gasteiger partial charge in [-0.2, -0.15) is 41.0 Å². The molecule has 227 valence electrons. The topological polar surface area (TPSA) is 31.5 Å². The Kier molecular flexibility index (Phi) is 15.9. The molecule has 0 amide bonds. The number of hydrogen-bond acceptors (Lipinski definition) is 0. The van der Waals surface area contributed by atoms with Crippen LogP contribution in [0.25, 0.3) is 0 Å². The summed E-state index contributed by atoms with van der Waals surface area (Å²) < 4.78 is 76.3. The van der Waals surface area contributed by atoms with Gasteiger partial charge in [-0.3, -0.25) is 0 Å². The monoisotopic (exact) mass is 778 g/mol. The smallest absolute Gasteiger partial charge is 0.415 e. The van der Waals surface area contributed by atoms with E-state index in [1.807, 2.05) is 0 Å². The maximum absolute atomic E-state index is 11.1. The third-order valence-corrected chi connectivity index (χ3v) is 9.33. The van der Waals surface area contributed by atoms with Crippen molar-refractivity contribution in [1.29, 1.82) is 0 Å². The molecule has 4 rings (SSSR count). The first-order valence-corrected chi connectivity index (χ1v) is 13.6. The second-order valence-electron chi connectivity index (χ2n) is 8.93. The second-order valence-corrected chi connectivity index (χ2v) is 11.4. The summed E-state index contributed by atoms with van der Waals surface area (Å²) in [5.74, 6) is -5.98. The summed E-state index contributed by atoms with van der Waals surface area (Å²) in [6, 6.07) is 32.5. The van der Waals surface area contributed by atoms with E-state index in [1.165, 1.54) is 43.7 Å². The van der Waals surface area contributed by atoms with E-state index in [1.54, 1.807) is 0 Å². The predicted octanol–water partition coefficient (Wildman–Crippen LogP) is 7.91. The molecule has 0 aliphatic rings. The van der Waals surface area contributed by atoms with Crippen LogP contribution in [0.1, 0.15) is 27.8 Å². The molecular weight excluding hydrogens is 745 g/mol. The predicted molar refractivity (Wildman–Crippen MR) is 152 cm³/mol. The molecule has 4 aromatic carbocycles. The fourth-order valence-corrected chi connectivity index (χ4v) is 6.41. The molecule has 1 radical (unpaired) electrons. The van der Waals surface area contributed by atoms with Gasteiger partial charge >= 0.3 is 6.18 Å². The van der Waals surface area contributed by atoms with Gasteiger partial charge in [0.2, 0.25) is 0 Å². The van der Waals surface area contributed by atoms with E-state index in [2.05, 4.69) is 126 Å². The summed E-state index contributed by atoms with van der Waals surface area (Å²) in [6.45, 7) is 11.0. The Morgan fingerprint density at radius 3 is 1.00 bits per heavy atom. The molecule has 0 spiro atoms. The minimum atomic E-state index is -6.20. The minimum Gasteiger partial charge on any atom is -0.415 e. The van der Waals surface area contributed by atoms with Gasteiger partial charge < -0.3 is 14.3 Å². The Balaban J connectivity index is 0.000000627. The van der Waals surface area contributed by atoms with Crippen molar-refractivity contribution in [3.63, 3.8) is 0 Å². The van der Waals surface area contributed by atoms with Crippen molar-refractivity contribution in [3.05, 3.63) is 125 Å². The third-order valence-electron chi connectivity index (χ3n) is 6.59. The van der Waals surface area contributed by atoms with Crippen LogP contribution in [0.15, 0.2) is 91.0 Å². The van der Waals surface area contributed by atoms with Gasteiger partial charge in [-0.15, -0.1) is 0 Å². The Morgan fingerprint density at radius 1 is 0.585 bits per heavy atom. The molecule has 0 bridgehead atoms. The van der Waals surface area contributed by atoms with Crippen LogP contribution in [0.5, 0.6) is 0 Å². The summed E-state index contributed by atoms with van der Waals surface area (Å²) in [5, 5.41) is 4.31. The minimum absolute atomic E-state index is 0. The van der Waals surface area contributed by atoms with Gasteiger partial charge in [0.1, 0.15) is 15.9 Å². The van der Waals surface area contributed by atoms with Crippen LogP contribution >= 0.6 is 7.92 Å². The Bertz CT molecular complexity index is 1120. The Labute approximate surface area is 251 Å². The fourth-order valence-electron chi connectivity index (χ4n) is 3.83. The summed E-state index contributed by atoms with van der Waals surface area (Å²) in [6.07, 6.45) is -10.1. The van der Waals surface area contributed by atoms with Crippen LogP contribution in [0.3, 0.4) is 0 Å². The normalized spacial score (nSPS) is 11.0. The van der Waals surface area contributed by atoms with Gasteiger partial charge in [0, 0.05) is 20.1 Å². The second kappa shape index (κ2) is 16.9. The van der Waals surface area contributed by atoms with E-state index in [4.69, 9.17) is 0 Å². The molecule has 0 aromatic heterocycles. The molecular formula is C31H33F7IrOP-. The van der Waals surface area contributed by atoms with Crippen molar-refractivity contribution in [2.75, 3.05) is 0 Å². The molecule has 0 saturated heterocycles. The zero-order chi connectivity index (χ0) is 29.4. The van der Waals surface area contributed by atoms with E-state index >= 15 is 0 Å². The standard InChI is InChI=1S/C18H15P.C10H15.C3F7.Ir.H2O/c1-4-10-16(11-5-1)19(17-12-6-2-7-13-17)18-14-8-3-9-15-18;1-6-7(2)9(4)10(5)8(6)3;4-1(5)2(6,7)3(8,9)10;;/h1-15H;1-5H3;;;1H2/q;2*-1;;/p+1. The zero-order valence-corrected chi connectivity index (χ0v) is 26.5. The summed E-state index contributed by atoms with van der Waals surface area (Å²) in [7, 11) is -0.877. The van der Waals surface area contributed by atoms with E-state index in [9.17, 15) is 30.7 Å². The molecule has 0 aliphatic heterocycles. The van der Waals surface area contributed by atoms with Crippen LogP contribution in [0.4, 0.5) is 30.7 Å².